The third-order valence-electron chi connectivity index (χ3n) is 2.73. The quantitative estimate of drug-likeness (QED) is 0.801. The maximum atomic E-state index is 11.7. The molecular formula is C15H15ClN4O2. The highest BCUT2D eigenvalue weighted by Crippen LogP contribution is 2.29. The molecule has 1 aromatic carbocycles. The van der Waals surface area contributed by atoms with Gasteiger partial charge in [0, 0.05) is 11.6 Å². The lowest BCUT2D eigenvalue weighted by Gasteiger charge is -2.10. The number of aromatic nitrogens is 2. The zero-order chi connectivity index (χ0) is 15.9. The third-order valence-corrected chi connectivity index (χ3v) is 2.96. The second-order valence-electron chi connectivity index (χ2n) is 4.27. The van der Waals surface area contributed by atoms with Gasteiger partial charge in [0.1, 0.15) is 5.75 Å². The highest BCUT2D eigenvalue weighted by molar-refractivity contribution is 6.31. The smallest absolute Gasteiger partial charge is 0.272 e. The number of halogens is 1. The minimum absolute atomic E-state index is 0.227. The number of hydrogen-bond donors (Lipinski definition) is 2. The van der Waals surface area contributed by atoms with Gasteiger partial charge in [0.15, 0.2) is 11.5 Å². The second-order valence-corrected chi connectivity index (χ2v) is 4.71. The molecule has 0 atom stereocenters. The summed E-state index contributed by atoms with van der Waals surface area (Å²) in [6.45, 7) is 3.90. The van der Waals surface area contributed by atoms with Gasteiger partial charge in [-0.25, -0.2) is 0 Å². The van der Waals surface area contributed by atoms with E-state index in [-0.39, 0.29) is 11.6 Å². The molecule has 7 heteroatoms. The van der Waals surface area contributed by atoms with Crippen LogP contribution in [0.25, 0.3) is 0 Å². The standard InChI is InChI=1S/C15H15ClN4O2/c1-3-8-17-15(21)11-5-7-14(20-19-11)18-12-9-10(16)4-6-13(12)22-2/h3-7,9H,1,8H2,2H3,(H,17,21)(H,18,20). The number of rotatable bonds is 6. The van der Waals surface area contributed by atoms with Crippen LogP contribution in [-0.4, -0.2) is 29.8 Å². The molecule has 0 saturated carbocycles. The van der Waals surface area contributed by atoms with E-state index in [2.05, 4.69) is 27.4 Å². The number of methoxy groups -OCH3 is 1. The zero-order valence-electron chi connectivity index (χ0n) is 12.0. The van der Waals surface area contributed by atoms with E-state index in [1.807, 2.05) is 0 Å². The summed E-state index contributed by atoms with van der Waals surface area (Å²) >= 11 is 5.96. The van der Waals surface area contributed by atoms with Gasteiger partial charge in [-0.1, -0.05) is 17.7 Å². The van der Waals surface area contributed by atoms with Gasteiger partial charge in [-0.05, 0) is 30.3 Å². The molecule has 0 bridgehead atoms. The lowest BCUT2D eigenvalue weighted by atomic mass is 10.3. The molecule has 1 amide bonds. The van der Waals surface area contributed by atoms with E-state index in [0.717, 1.165) is 0 Å². The number of carbonyl (C=O) groups is 1. The zero-order valence-corrected chi connectivity index (χ0v) is 12.7. The van der Waals surface area contributed by atoms with Crippen molar-refractivity contribution in [2.45, 2.75) is 0 Å². The minimum Gasteiger partial charge on any atom is -0.495 e. The summed E-state index contributed by atoms with van der Waals surface area (Å²) in [7, 11) is 1.56. The average Bonchev–Trinajstić information content (AvgIpc) is 2.53. The third kappa shape index (κ3) is 3.95. The van der Waals surface area contributed by atoms with Gasteiger partial charge in [0.2, 0.25) is 0 Å². The largest absolute Gasteiger partial charge is 0.495 e. The van der Waals surface area contributed by atoms with Crippen molar-refractivity contribution < 1.29 is 9.53 Å². The maximum Gasteiger partial charge on any atom is 0.272 e. The number of carbonyl (C=O) groups excluding carboxylic acids is 1. The minimum atomic E-state index is -0.306. The van der Waals surface area contributed by atoms with Crippen molar-refractivity contribution in [3.05, 3.63) is 53.7 Å². The Hall–Kier alpha value is -2.60. The topological polar surface area (TPSA) is 76.1 Å². The summed E-state index contributed by atoms with van der Waals surface area (Å²) in [5.41, 5.74) is 0.888. The number of ether oxygens (including phenoxy) is 1. The molecule has 0 aliphatic carbocycles. The second kappa shape index (κ2) is 7.42. The summed E-state index contributed by atoms with van der Waals surface area (Å²) in [6, 6.07) is 8.41. The first-order chi connectivity index (χ1) is 10.6. The molecule has 2 rings (SSSR count). The molecule has 0 aliphatic rings. The molecule has 1 heterocycles. The Morgan fingerprint density at radius 3 is 2.82 bits per heavy atom. The summed E-state index contributed by atoms with van der Waals surface area (Å²) in [5, 5.41) is 14.1. The van der Waals surface area contributed by atoms with E-state index in [1.54, 1.807) is 43.5 Å². The van der Waals surface area contributed by atoms with Crippen LogP contribution < -0.4 is 15.4 Å². The lowest BCUT2D eigenvalue weighted by Crippen LogP contribution is -2.24. The molecule has 1 aromatic heterocycles. The van der Waals surface area contributed by atoms with Crippen LogP contribution in [0.1, 0.15) is 10.5 Å². The van der Waals surface area contributed by atoms with Gasteiger partial charge in [0.25, 0.3) is 5.91 Å². The molecule has 6 nitrogen and oxygen atoms in total. The predicted octanol–water partition coefficient (Wildman–Crippen LogP) is 2.80. The first-order valence-corrected chi connectivity index (χ1v) is 6.85. The van der Waals surface area contributed by atoms with Gasteiger partial charge >= 0.3 is 0 Å². The maximum absolute atomic E-state index is 11.7. The fourth-order valence-corrected chi connectivity index (χ4v) is 1.86. The fourth-order valence-electron chi connectivity index (χ4n) is 1.69. The van der Waals surface area contributed by atoms with E-state index in [1.165, 1.54) is 0 Å². The van der Waals surface area contributed by atoms with Crippen molar-refractivity contribution in [2.24, 2.45) is 0 Å². The highest BCUT2D eigenvalue weighted by atomic mass is 35.5. The number of hydrogen-bond acceptors (Lipinski definition) is 5. The Balaban J connectivity index is 2.13. The number of anilines is 2. The number of benzene rings is 1. The average molecular weight is 319 g/mol. The van der Waals surface area contributed by atoms with Gasteiger partial charge < -0.3 is 15.4 Å². The van der Waals surface area contributed by atoms with Crippen LogP contribution in [0.2, 0.25) is 5.02 Å². The van der Waals surface area contributed by atoms with Crippen LogP contribution in [0.15, 0.2) is 43.0 Å². The molecule has 0 radical (unpaired) electrons. The first kappa shape index (κ1) is 15.8. The molecule has 2 N–H and O–H groups in total. The summed E-state index contributed by atoms with van der Waals surface area (Å²) in [6.07, 6.45) is 1.59. The van der Waals surface area contributed by atoms with Gasteiger partial charge in [-0.3, -0.25) is 4.79 Å². The van der Waals surface area contributed by atoms with Crippen LogP contribution in [0.3, 0.4) is 0 Å². The van der Waals surface area contributed by atoms with E-state index >= 15 is 0 Å². The highest BCUT2D eigenvalue weighted by Gasteiger charge is 2.09. The molecule has 0 saturated heterocycles. The normalized spacial score (nSPS) is 9.91. The lowest BCUT2D eigenvalue weighted by molar-refractivity contribution is 0.0952. The SMILES string of the molecule is C=CCNC(=O)c1ccc(Nc2cc(Cl)ccc2OC)nn1. The van der Waals surface area contributed by atoms with Crippen LogP contribution in [0.5, 0.6) is 5.75 Å². The number of amides is 1. The molecule has 0 unspecified atom stereocenters. The Bertz CT molecular complexity index is 674. The van der Waals surface area contributed by atoms with Crippen LogP contribution in [0, 0.1) is 0 Å². The monoisotopic (exact) mass is 318 g/mol. The molecule has 0 fully saturated rings. The number of nitrogens with one attached hydrogen (secondary N) is 2. The van der Waals surface area contributed by atoms with Gasteiger partial charge in [-0.15, -0.1) is 16.8 Å². The van der Waals surface area contributed by atoms with Crippen molar-refractivity contribution in [2.75, 3.05) is 19.0 Å². The van der Waals surface area contributed by atoms with E-state index in [4.69, 9.17) is 16.3 Å². The van der Waals surface area contributed by atoms with Crippen LogP contribution >= 0.6 is 11.6 Å². The first-order valence-electron chi connectivity index (χ1n) is 6.47. The molecule has 0 spiro atoms. The summed E-state index contributed by atoms with van der Waals surface area (Å²) in [4.78, 5) is 11.7. The van der Waals surface area contributed by atoms with Crippen LogP contribution in [-0.2, 0) is 0 Å². The van der Waals surface area contributed by atoms with Crippen molar-refractivity contribution in [3.8, 4) is 5.75 Å². The predicted molar refractivity (Wildman–Crippen MR) is 85.8 cm³/mol. The Morgan fingerprint density at radius 1 is 1.36 bits per heavy atom. The van der Waals surface area contributed by atoms with E-state index in [0.29, 0.717) is 28.8 Å². The van der Waals surface area contributed by atoms with Gasteiger partial charge in [-0.2, -0.15) is 0 Å². The Morgan fingerprint density at radius 2 is 2.18 bits per heavy atom. The fraction of sp³-hybridized carbons (Fsp3) is 0.133. The van der Waals surface area contributed by atoms with E-state index < -0.39 is 0 Å². The molecule has 0 aliphatic heterocycles. The van der Waals surface area contributed by atoms with Crippen molar-refractivity contribution in [3.63, 3.8) is 0 Å². The Kier molecular flexibility index (Phi) is 5.32. The number of nitrogens with zero attached hydrogens (tertiary/aromatic N) is 2. The van der Waals surface area contributed by atoms with Gasteiger partial charge in [0.05, 0.1) is 12.8 Å². The molecule has 2 aromatic rings. The van der Waals surface area contributed by atoms with Crippen molar-refractivity contribution in [1.29, 1.82) is 0 Å². The van der Waals surface area contributed by atoms with Crippen LogP contribution in [0.4, 0.5) is 11.5 Å². The van der Waals surface area contributed by atoms with Crippen molar-refractivity contribution in [1.82, 2.24) is 15.5 Å². The summed E-state index contributed by atoms with van der Waals surface area (Å²) < 4.78 is 5.24. The molecule has 22 heavy (non-hydrogen) atoms. The molecule has 114 valence electrons. The van der Waals surface area contributed by atoms with Crippen molar-refractivity contribution >= 4 is 29.0 Å². The molecular weight excluding hydrogens is 304 g/mol. The van der Waals surface area contributed by atoms with E-state index in [9.17, 15) is 4.79 Å². The Labute approximate surface area is 133 Å². The summed E-state index contributed by atoms with van der Waals surface area (Å²) in [5.74, 6) is 0.791.